The third-order valence-corrected chi connectivity index (χ3v) is 3.32. The summed E-state index contributed by atoms with van der Waals surface area (Å²) in [6.07, 6.45) is -5.20. The number of halogens is 5. The first kappa shape index (κ1) is 17.4. The Labute approximate surface area is 126 Å². The third-order valence-electron chi connectivity index (χ3n) is 2.70. The molecular formula is C11H9Cl2F3N2O3. The molecule has 10 heteroatoms. The Morgan fingerprint density at radius 2 is 1.67 bits per heavy atom. The molecule has 0 aliphatic carbocycles. The molecule has 1 atom stereocenters. The van der Waals surface area contributed by atoms with Gasteiger partial charge in [0.15, 0.2) is 0 Å². The van der Waals surface area contributed by atoms with Crippen LogP contribution in [0.5, 0.6) is 0 Å². The maximum absolute atomic E-state index is 12.8. The number of carboxylic acids is 1. The summed E-state index contributed by atoms with van der Waals surface area (Å²) in [5.41, 5.74) is 1.57. The van der Waals surface area contributed by atoms with Gasteiger partial charge in [-0.1, -0.05) is 23.2 Å². The molecule has 4 N–H and O–H groups in total. The summed E-state index contributed by atoms with van der Waals surface area (Å²) >= 11 is 11.3. The van der Waals surface area contributed by atoms with Gasteiger partial charge in [-0.25, -0.2) is 4.79 Å². The van der Waals surface area contributed by atoms with Crippen molar-refractivity contribution in [1.82, 2.24) is 5.32 Å². The molecule has 5 nitrogen and oxygen atoms in total. The Balaban J connectivity index is 3.18. The van der Waals surface area contributed by atoms with Crippen molar-refractivity contribution in [3.05, 3.63) is 27.7 Å². The van der Waals surface area contributed by atoms with Crippen LogP contribution in [0.4, 0.5) is 18.9 Å². The van der Waals surface area contributed by atoms with Crippen molar-refractivity contribution in [2.24, 2.45) is 0 Å². The second kappa shape index (κ2) is 5.61. The molecule has 0 bridgehead atoms. The summed E-state index contributed by atoms with van der Waals surface area (Å²) in [7, 11) is 0. The number of nitrogen functional groups attached to an aromatic ring is 1. The number of benzene rings is 1. The minimum absolute atomic E-state index is 0.0494. The highest BCUT2D eigenvalue weighted by molar-refractivity contribution is 6.39. The van der Waals surface area contributed by atoms with Gasteiger partial charge in [-0.3, -0.25) is 4.79 Å². The van der Waals surface area contributed by atoms with Crippen LogP contribution in [-0.2, 0) is 4.79 Å². The predicted molar refractivity (Wildman–Crippen MR) is 70.4 cm³/mol. The molecule has 1 rings (SSSR count). The van der Waals surface area contributed by atoms with E-state index in [4.69, 9.17) is 34.0 Å². The Morgan fingerprint density at radius 1 is 1.24 bits per heavy atom. The zero-order valence-electron chi connectivity index (χ0n) is 10.4. The smallest absolute Gasteiger partial charge is 0.422 e. The van der Waals surface area contributed by atoms with Crippen molar-refractivity contribution in [1.29, 1.82) is 0 Å². The molecule has 0 radical (unpaired) electrons. The van der Waals surface area contributed by atoms with Crippen LogP contribution in [-0.4, -0.2) is 28.7 Å². The largest absolute Gasteiger partial charge is 0.479 e. The normalized spacial score (nSPS) is 14.4. The lowest BCUT2D eigenvalue weighted by Crippen LogP contribution is -2.61. The monoisotopic (exact) mass is 344 g/mol. The average Bonchev–Trinajstić information content (AvgIpc) is 2.33. The lowest BCUT2D eigenvalue weighted by Gasteiger charge is -2.28. The quantitative estimate of drug-likeness (QED) is 0.735. The van der Waals surface area contributed by atoms with Crippen LogP contribution in [0.2, 0.25) is 10.0 Å². The Hall–Kier alpha value is -1.67. The van der Waals surface area contributed by atoms with E-state index in [2.05, 4.69) is 0 Å². The average molecular weight is 345 g/mol. The predicted octanol–water partition coefficient (Wildman–Crippen LogP) is 2.71. The summed E-state index contributed by atoms with van der Waals surface area (Å²) in [5, 5.41) is 9.83. The van der Waals surface area contributed by atoms with Crippen molar-refractivity contribution in [3.63, 3.8) is 0 Å². The van der Waals surface area contributed by atoms with Crippen molar-refractivity contribution < 1.29 is 27.9 Å². The van der Waals surface area contributed by atoms with Crippen molar-refractivity contribution >= 4 is 40.8 Å². The molecule has 1 aromatic rings. The summed E-state index contributed by atoms with van der Waals surface area (Å²) < 4.78 is 38.4. The number of anilines is 1. The van der Waals surface area contributed by atoms with Crippen LogP contribution in [0.1, 0.15) is 17.3 Å². The maximum Gasteiger partial charge on any atom is 0.422 e. The number of hydrogen-bond donors (Lipinski definition) is 3. The zero-order chi connectivity index (χ0) is 16.6. The van der Waals surface area contributed by atoms with Gasteiger partial charge in [0, 0.05) is 5.56 Å². The van der Waals surface area contributed by atoms with E-state index in [1.165, 1.54) is 5.32 Å². The molecule has 0 aliphatic heterocycles. The Kier molecular flexibility index (Phi) is 4.64. The zero-order valence-corrected chi connectivity index (χ0v) is 11.9. The lowest BCUT2D eigenvalue weighted by molar-refractivity contribution is -0.203. The molecule has 0 aliphatic rings. The first-order chi connectivity index (χ1) is 9.40. The first-order valence-electron chi connectivity index (χ1n) is 5.27. The van der Waals surface area contributed by atoms with Gasteiger partial charge in [-0.05, 0) is 19.1 Å². The molecule has 0 saturated heterocycles. The van der Waals surface area contributed by atoms with Gasteiger partial charge in [0.1, 0.15) is 0 Å². The van der Waals surface area contributed by atoms with Gasteiger partial charge in [-0.15, -0.1) is 0 Å². The molecule has 0 fully saturated rings. The number of rotatable bonds is 3. The van der Waals surface area contributed by atoms with Crippen molar-refractivity contribution in [2.45, 2.75) is 18.6 Å². The van der Waals surface area contributed by atoms with E-state index < -0.39 is 23.6 Å². The molecule has 0 aromatic heterocycles. The van der Waals surface area contributed by atoms with E-state index in [1.54, 1.807) is 0 Å². The summed E-state index contributed by atoms with van der Waals surface area (Å²) in [6.45, 7) is 0.327. The van der Waals surface area contributed by atoms with Gasteiger partial charge < -0.3 is 16.2 Å². The highest BCUT2D eigenvalue weighted by Gasteiger charge is 2.58. The summed E-state index contributed by atoms with van der Waals surface area (Å²) in [5.74, 6) is -3.56. The van der Waals surface area contributed by atoms with E-state index >= 15 is 0 Å². The van der Waals surface area contributed by atoms with Crippen LogP contribution < -0.4 is 11.1 Å². The molecule has 0 saturated carbocycles. The number of alkyl halides is 3. The SMILES string of the molecule is CC(NC(=O)c1cc(Cl)c(N)c(Cl)c1)(C(=O)O)C(F)(F)F. The molecule has 1 unspecified atom stereocenters. The first-order valence-corrected chi connectivity index (χ1v) is 6.03. The maximum atomic E-state index is 12.8. The molecule has 0 heterocycles. The number of carbonyl (C=O) groups excluding carboxylic acids is 1. The number of aliphatic carboxylic acids is 1. The molecule has 1 aromatic carbocycles. The standard InChI is InChI=1S/C11H9Cl2F3N2O3/c1-10(9(20)21,11(14,15)16)18-8(19)4-2-5(12)7(17)6(13)3-4/h2-3H,17H2,1H3,(H,18,19)(H,20,21). The highest BCUT2D eigenvalue weighted by Crippen LogP contribution is 2.32. The number of nitrogens with two attached hydrogens (primary N) is 1. The molecule has 1 amide bonds. The van der Waals surface area contributed by atoms with E-state index in [1.807, 2.05) is 0 Å². The van der Waals surface area contributed by atoms with Crippen molar-refractivity contribution in [3.8, 4) is 0 Å². The van der Waals surface area contributed by atoms with Gasteiger partial charge in [0.2, 0.25) is 5.54 Å². The topological polar surface area (TPSA) is 92.4 Å². The van der Waals surface area contributed by atoms with Crippen LogP contribution in [0.15, 0.2) is 12.1 Å². The highest BCUT2D eigenvalue weighted by atomic mass is 35.5. The minimum Gasteiger partial charge on any atom is -0.479 e. The van der Waals surface area contributed by atoms with E-state index in [9.17, 15) is 22.8 Å². The van der Waals surface area contributed by atoms with Gasteiger partial charge >= 0.3 is 12.1 Å². The molecule has 116 valence electrons. The fraction of sp³-hybridized carbons (Fsp3) is 0.273. The van der Waals surface area contributed by atoms with E-state index in [0.29, 0.717) is 6.92 Å². The summed E-state index contributed by atoms with van der Waals surface area (Å²) in [4.78, 5) is 22.6. The second-order valence-corrected chi connectivity index (χ2v) is 5.05. The number of hydrogen-bond acceptors (Lipinski definition) is 3. The summed E-state index contributed by atoms with van der Waals surface area (Å²) in [6, 6.07) is 1.97. The fourth-order valence-electron chi connectivity index (χ4n) is 1.26. The van der Waals surface area contributed by atoms with Crippen LogP contribution in [0.25, 0.3) is 0 Å². The van der Waals surface area contributed by atoms with E-state index in [0.717, 1.165) is 12.1 Å². The second-order valence-electron chi connectivity index (χ2n) is 4.24. The van der Waals surface area contributed by atoms with E-state index in [-0.39, 0.29) is 21.3 Å². The number of carbonyl (C=O) groups is 2. The third kappa shape index (κ3) is 3.33. The van der Waals surface area contributed by atoms with Crippen LogP contribution in [0, 0.1) is 0 Å². The molecule has 0 spiro atoms. The van der Waals surface area contributed by atoms with Crippen molar-refractivity contribution in [2.75, 3.05) is 5.73 Å². The van der Waals surface area contributed by atoms with Gasteiger partial charge in [0.05, 0.1) is 15.7 Å². The molecular weight excluding hydrogens is 336 g/mol. The van der Waals surface area contributed by atoms with Crippen LogP contribution in [0.3, 0.4) is 0 Å². The number of nitrogens with one attached hydrogen (secondary N) is 1. The molecule has 21 heavy (non-hydrogen) atoms. The van der Waals surface area contributed by atoms with Gasteiger partial charge in [0.25, 0.3) is 5.91 Å². The Bertz CT molecular complexity index is 584. The number of amides is 1. The fourth-order valence-corrected chi connectivity index (χ4v) is 1.75. The van der Waals surface area contributed by atoms with Gasteiger partial charge in [-0.2, -0.15) is 13.2 Å². The number of carboxylic acid groups (broad SMARTS) is 1. The lowest BCUT2D eigenvalue weighted by atomic mass is 10.0. The Morgan fingerprint density at radius 3 is 2.00 bits per heavy atom. The minimum atomic E-state index is -5.20. The van der Waals surface area contributed by atoms with Crippen LogP contribution >= 0.6 is 23.2 Å².